The molecule has 0 saturated heterocycles. The first-order chi connectivity index (χ1) is 8.06. The van der Waals surface area contributed by atoms with Gasteiger partial charge >= 0.3 is 0 Å². The van der Waals surface area contributed by atoms with Crippen molar-refractivity contribution in [3.8, 4) is 0 Å². The number of H-pyrrole nitrogens is 1. The molecule has 0 aliphatic rings. The monoisotopic (exact) mass is 364 g/mol. The molecule has 4 nitrogen and oxygen atoms in total. The number of rotatable bonds is 5. The van der Waals surface area contributed by atoms with Gasteiger partial charge in [-0.05, 0) is 12.5 Å². The van der Waals surface area contributed by atoms with Crippen LogP contribution in [0.5, 0.6) is 0 Å². The van der Waals surface area contributed by atoms with Crippen LogP contribution >= 0.6 is 31.9 Å². The molecular weight excluding hydrogens is 352 g/mol. The van der Waals surface area contributed by atoms with E-state index < -0.39 is 0 Å². The minimum atomic E-state index is -0.343. The van der Waals surface area contributed by atoms with Crippen LogP contribution in [0.25, 0.3) is 0 Å². The van der Waals surface area contributed by atoms with Gasteiger partial charge in [0, 0.05) is 16.7 Å². The van der Waals surface area contributed by atoms with Gasteiger partial charge in [-0.2, -0.15) is 0 Å². The van der Waals surface area contributed by atoms with Crippen LogP contribution < -0.4 is 10.9 Å². The molecular formula is C11H14Br2N2O2. The predicted octanol–water partition coefficient (Wildman–Crippen LogP) is 2.04. The zero-order valence-electron chi connectivity index (χ0n) is 9.43. The largest absolute Gasteiger partial charge is 0.344 e. The van der Waals surface area contributed by atoms with E-state index in [2.05, 4.69) is 42.2 Å². The van der Waals surface area contributed by atoms with E-state index in [1.165, 1.54) is 6.07 Å². The number of aromatic nitrogens is 1. The number of hydrogen-bond acceptors (Lipinski definition) is 2. The highest BCUT2D eigenvalue weighted by atomic mass is 79.9. The summed E-state index contributed by atoms with van der Waals surface area (Å²) in [6.07, 6.45) is 0.784. The fourth-order valence-electron chi connectivity index (χ4n) is 1.27. The Morgan fingerprint density at radius 2 is 2.06 bits per heavy atom. The quantitative estimate of drug-likeness (QED) is 0.784. The third kappa shape index (κ3) is 3.67. The molecule has 0 aliphatic carbocycles. The van der Waals surface area contributed by atoms with Crippen molar-refractivity contribution >= 4 is 37.8 Å². The van der Waals surface area contributed by atoms with Crippen molar-refractivity contribution in [2.24, 2.45) is 0 Å². The lowest BCUT2D eigenvalue weighted by molar-refractivity contribution is 0.0910. The molecule has 0 aliphatic heterocycles. The number of alkyl halides is 2. The van der Waals surface area contributed by atoms with Gasteiger partial charge in [0.1, 0.15) is 5.69 Å². The second-order valence-corrected chi connectivity index (χ2v) is 4.91. The van der Waals surface area contributed by atoms with Crippen LogP contribution in [0.3, 0.4) is 0 Å². The van der Waals surface area contributed by atoms with E-state index >= 15 is 0 Å². The number of hydrogen-bond donors (Lipinski definition) is 2. The Kier molecular flexibility index (Phi) is 5.39. The van der Waals surface area contributed by atoms with Gasteiger partial charge in [-0.25, -0.2) is 0 Å². The van der Waals surface area contributed by atoms with Crippen molar-refractivity contribution in [3.05, 3.63) is 34.2 Å². The molecule has 0 aromatic carbocycles. The summed E-state index contributed by atoms with van der Waals surface area (Å²) in [5.41, 5.74) is -0.348. The highest BCUT2D eigenvalue weighted by molar-refractivity contribution is 9.09. The third-order valence-corrected chi connectivity index (χ3v) is 4.73. The maximum atomic E-state index is 12.0. The Morgan fingerprint density at radius 1 is 1.41 bits per heavy atom. The van der Waals surface area contributed by atoms with Gasteiger partial charge in [0.25, 0.3) is 5.91 Å². The number of aromatic amines is 1. The summed E-state index contributed by atoms with van der Waals surface area (Å²) in [5.74, 6) is -0.275. The molecule has 0 radical (unpaired) electrons. The van der Waals surface area contributed by atoms with Crippen LogP contribution in [0.2, 0.25) is 0 Å². The van der Waals surface area contributed by atoms with Crippen molar-refractivity contribution in [2.75, 3.05) is 10.7 Å². The van der Waals surface area contributed by atoms with Gasteiger partial charge in [-0.1, -0.05) is 44.8 Å². The number of amides is 1. The SMILES string of the molecule is CCC(CBr)(CBr)NC(=O)c1cccc(=O)[nH]1. The molecule has 1 aromatic heterocycles. The van der Waals surface area contributed by atoms with E-state index in [0.717, 1.165) is 6.42 Å². The summed E-state index contributed by atoms with van der Waals surface area (Å²) in [5, 5.41) is 4.21. The van der Waals surface area contributed by atoms with E-state index in [1.807, 2.05) is 6.92 Å². The Hall–Kier alpha value is -0.620. The summed E-state index contributed by atoms with van der Waals surface area (Å²) >= 11 is 6.78. The first-order valence-corrected chi connectivity index (χ1v) is 7.45. The lowest BCUT2D eigenvalue weighted by Crippen LogP contribution is -2.51. The van der Waals surface area contributed by atoms with Gasteiger partial charge in [-0.15, -0.1) is 0 Å². The molecule has 17 heavy (non-hydrogen) atoms. The highest BCUT2D eigenvalue weighted by Gasteiger charge is 2.28. The van der Waals surface area contributed by atoms with Crippen LogP contribution in [-0.2, 0) is 0 Å². The second kappa shape index (κ2) is 6.35. The minimum Gasteiger partial charge on any atom is -0.344 e. The van der Waals surface area contributed by atoms with Gasteiger partial charge in [0.05, 0.1) is 5.54 Å². The average Bonchev–Trinajstić information content (AvgIpc) is 2.36. The topological polar surface area (TPSA) is 62.0 Å². The number of pyridine rings is 1. The van der Waals surface area contributed by atoms with Crippen LogP contribution in [0, 0.1) is 0 Å². The Labute approximate surface area is 116 Å². The van der Waals surface area contributed by atoms with E-state index in [-0.39, 0.29) is 22.7 Å². The molecule has 1 aromatic rings. The average molecular weight is 366 g/mol. The van der Waals surface area contributed by atoms with Crippen molar-refractivity contribution in [3.63, 3.8) is 0 Å². The first-order valence-electron chi connectivity index (χ1n) is 5.20. The third-order valence-electron chi connectivity index (χ3n) is 2.58. The first kappa shape index (κ1) is 14.4. The zero-order valence-corrected chi connectivity index (χ0v) is 12.6. The maximum Gasteiger partial charge on any atom is 0.268 e. The molecule has 0 unspecified atom stereocenters. The van der Waals surface area contributed by atoms with Crippen LogP contribution in [0.1, 0.15) is 23.8 Å². The zero-order chi connectivity index (χ0) is 12.9. The standard InChI is InChI=1S/C11H14Br2N2O2/c1-2-11(6-12,7-13)15-10(17)8-4-3-5-9(16)14-8/h3-5H,2,6-7H2,1H3,(H,14,16)(H,15,17). The van der Waals surface area contributed by atoms with Crippen molar-refractivity contribution in [1.29, 1.82) is 0 Å². The van der Waals surface area contributed by atoms with Crippen LogP contribution in [-0.4, -0.2) is 27.1 Å². The van der Waals surface area contributed by atoms with Gasteiger partial charge in [0.2, 0.25) is 5.56 Å². The van der Waals surface area contributed by atoms with Gasteiger partial charge in [-0.3, -0.25) is 9.59 Å². The summed E-state index contributed by atoms with van der Waals surface area (Å²) in [6, 6.07) is 4.52. The molecule has 0 fully saturated rings. The molecule has 1 rings (SSSR count). The van der Waals surface area contributed by atoms with Crippen molar-refractivity contribution in [2.45, 2.75) is 18.9 Å². The molecule has 2 N–H and O–H groups in total. The number of halogens is 2. The number of carbonyl (C=O) groups excluding carboxylic acids is 1. The van der Waals surface area contributed by atoms with E-state index in [9.17, 15) is 9.59 Å². The molecule has 0 bridgehead atoms. The Bertz CT molecular complexity index is 433. The van der Waals surface area contributed by atoms with E-state index in [1.54, 1.807) is 12.1 Å². The molecule has 0 atom stereocenters. The van der Waals surface area contributed by atoms with E-state index in [4.69, 9.17) is 0 Å². The normalized spacial score (nSPS) is 11.2. The summed E-state index contributed by atoms with van der Waals surface area (Å²) in [7, 11) is 0. The Morgan fingerprint density at radius 3 is 2.53 bits per heavy atom. The van der Waals surface area contributed by atoms with E-state index in [0.29, 0.717) is 10.7 Å². The fourth-order valence-corrected chi connectivity index (χ4v) is 3.27. The number of carbonyl (C=O) groups is 1. The smallest absolute Gasteiger partial charge is 0.268 e. The van der Waals surface area contributed by atoms with Gasteiger partial charge in [0.15, 0.2) is 0 Å². The molecule has 0 saturated carbocycles. The molecule has 0 spiro atoms. The predicted molar refractivity (Wildman–Crippen MR) is 75.1 cm³/mol. The minimum absolute atomic E-state index is 0.275. The van der Waals surface area contributed by atoms with Crippen LogP contribution in [0.4, 0.5) is 0 Å². The molecule has 1 amide bonds. The second-order valence-electron chi connectivity index (χ2n) is 3.78. The fraction of sp³-hybridized carbons (Fsp3) is 0.455. The highest BCUT2D eigenvalue weighted by Crippen LogP contribution is 2.17. The lowest BCUT2D eigenvalue weighted by atomic mass is 10.0. The van der Waals surface area contributed by atoms with Gasteiger partial charge < -0.3 is 10.3 Å². The maximum absolute atomic E-state index is 12.0. The summed E-state index contributed by atoms with van der Waals surface area (Å²) < 4.78 is 0. The van der Waals surface area contributed by atoms with Crippen LogP contribution in [0.15, 0.2) is 23.0 Å². The molecule has 6 heteroatoms. The van der Waals surface area contributed by atoms with Crippen molar-refractivity contribution in [1.82, 2.24) is 10.3 Å². The Balaban J connectivity index is 2.88. The molecule has 94 valence electrons. The summed E-state index contributed by atoms with van der Waals surface area (Å²) in [4.78, 5) is 25.6. The molecule has 1 heterocycles. The van der Waals surface area contributed by atoms with Crippen molar-refractivity contribution < 1.29 is 4.79 Å². The summed E-state index contributed by atoms with van der Waals surface area (Å²) in [6.45, 7) is 2.00. The number of nitrogens with one attached hydrogen (secondary N) is 2. The lowest BCUT2D eigenvalue weighted by Gasteiger charge is -2.29.